The Balaban J connectivity index is 2.11. The fourth-order valence-corrected chi connectivity index (χ4v) is 3.52. The van der Waals surface area contributed by atoms with Gasteiger partial charge in [-0.25, -0.2) is 8.42 Å². The van der Waals surface area contributed by atoms with Crippen LogP contribution in [0.15, 0.2) is 47.4 Å². The van der Waals surface area contributed by atoms with E-state index in [9.17, 15) is 13.2 Å². The number of benzene rings is 2. The van der Waals surface area contributed by atoms with Crippen LogP contribution in [0.1, 0.15) is 20.8 Å². The van der Waals surface area contributed by atoms with Gasteiger partial charge in [-0.1, -0.05) is 0 Å². The topological polar surface area (TPSA) is 103 Å². The van der Waals surface area contributed by atoms with E-state index in [0.717, 1.165) is 0 Å². The summed E-state index contributed by atoms with van der Waals surface area (Å²) >= 11 is 0. The largest absolute Gasteiger partial charge is 0.493 e. The number of rotatable bonds is 9. The van der Waals surface area contributed by atoms with Crippen molar-refractivity contribution in [3.05, 3.63) is 42.5 Å². The summed E-state index contributed by atoms with van der Waals surface area (Å²) < 4.78 is 43.6. The van der Waals surface area contributed by atoms with Crippen molar-refractivity contribution in [2.24, 2.45) is 0 Å². The van der Waals surface area contributed by atoms with E-state index in [4.69, 9.17) is 14.2 Å². The molecule has 29 heavy (non-hydrogen) atoms. The highest BCUT2D eigenvalue weighted by Gasteiger charge is 2.18. The monoisotopic (exact) mass is 422 g/mol. The van der Waals surface area contributed by atoms with Crippen molar-refractivity contribution in [3.8, 4) is 17.2 Å². The van der Waals surface area contributed by atoms with Crippen molar-refractivity contribution < 1.29 is 27.4 Å². The minimum Gasteiger partial charge on any atom is -0.493 e. The Labute approximate surface area is 171 Å². The predicted octanol–water partition coefficient (Wildman–Crippen LogP) is 2.80. The van der Waals surface area contributed by atoms with Crippen molar-refractivity contribution in [3.63, 3.8) is 0 Å². The molecule has 158 valence electrons. The number of hydrogen-bond donors (Lipinski definition) is 2. The van der Waals surface area contributed by atoms with Crippen LogP contribution in [0.25, 0.3) is 0 Å². The van der Waals surface area contributed by atoms with Gasteiger partial charge in [-0.15, -0.1) is 0 Å². The van der Waals surface area contributed by atoms with Crippen LogP contribution in [-0.2, 0) is 14.8 Å². The summed E-state index contributed by atoms with van der Waals surface area (Å²) in [6.45, 7) is 5.34. The SMILES string of the molecule is COc1ccc(NS(=O)(=O)c2ccc(O[C@H](C)C(=O)NC(C)C)cc2)cc1OC. The number of ether oxygens (including phenoxy) is 3. The van der Waals surface area contributed by atoms with E-state index in [0.29, 0.717) is 22.9 Å². The molecule has 8 nitrogen and oxygen atoms in total. The zero-order valence-corrected chi connectivity index (χ0v) is 17.9. The Kier molecular flexibility index (Phi) is 7.33. The molecule has 1 amide bonds. The average molecular weight is 423 g/mol. The van der Waals surface area contributed by atoms with Crippen molar-refractivity contribution in [1.82, 2.24) is 5.32 Å². The predicted molar refractivity (Wildman–Crippen MR) is 110 cm³/mol. The molecule has 2 rings (SSSR count). The van der Waals surface area contributed by atoms with Crippen LogP contribution in [0.4, 0.5) is 5.69 Å². The lowest BCUT2D eigenvalue weighted by molar-refractivity contribution is -0.127. The van der Waals surface area contributed by atoms with Gasteiger partial charge in [-0.05, 0) is 57.2 Å². The summed E-state index contributed by atoms with van der Waals surface area (Å²) in [7, 11) is -0.848. The summed E-state index contributed by atoms with van der Waals surface area (Å²) in [5.74, 6) is 1.05. The maximum Gasteiger partial charge on any atom is 0.261 e. The highest BCUT2D eigenvalue weighted by atomic mass is 32.2. The lowest BCUT2D eigenvalue weighted by atomic mass is 10.3. The second-order valence-corrected chi connectivity index (χ2v) is 8.25. The maximum atomic E-state index is 12.6. The molecule has 0 fully saturated rings. The third kappa shape index (κ3) is 6.02. The van der Waals surface area contributed by atoms with E-state index >= 15 is 0 Å². The number of amides is 1. The Morgan fingerprint density at radius 1 is 0.931 bits per heavy atom. The normalized spacial score (nSPS) is 12.2. The Hall–Kier alpha value is -2.94. The molecule has 0 aromatic heterocycles. The van der Waals surface area contributed by atoms with Crippen LogP contribution in [0.3, 0.4) is 0 Å². The fourth-order valence-electron chi connectivity index (χ4n) is 2.47. The molecule has 0 bridgehead atoms. The van der Waals surface area contributed by atoms with Gasteiger partial charge in [-0.3, -0.25) is 9.52 Å². The number of carbonyl (C=O) groups excluding carboxylic acids is 1. The van der Waals surface area contributed by atoms with Crippen molar-refractivity contribution in [2.75, 3.05) is 18.9 Å². The number of sulfonamides is 1. The van der Waals surface area contributed by atoms with Gasteiger partial charge in [-0.2, -0.15) is 0 Å². The van der Waals surface area contributed by atoms with E-state index in [1.165, 1.54) is 44.6 Å². The van der Waals surface area contributed by atoms with E-state index < -0.39 is 16.1 Å². The fraction of sp³-hybridized carbons (Fsp3) is 0.350. The molecule has 0 saturated heterocycles. The molecule has 9 heteroatoms. The Morgan fingerprint density at radius 2 is 1.55 bits per heavy atom. The van der Waals surface area contributed by atoms with E-state index in [1.807, 2.05) is 13.8 Å². The summed E-state index contributed by atoms with van der Waals surface area (Å²) in [5, 5.41) is 2.75. The molecule has 0 unspecified atom stereocenters. The highest BCUT2D eigenvalue weighted by Crippen LogP contribution is 2.31. The summed E-state index contributed by atoms with van der Waals surface area (Å²) in [4.78, 5) is 12.0. The standard InChI is InChI=1S/C20H26N2O6S/c1-13(2)21-20(23)14(3)28-16-7-9-17(10-8-16)29(24,25)22-15-6-11-18(26-4)19(12-15)27-5/h6-14,22H,1-5H3,(H,21,23)/t14-/m1/s1. The van der Waals surface area contributed by atoms with Gasteiger partial charge in [0.25, 0.3) is 15.9 Å². The molecule has 0 aliphatic rings. The molecule has 0 radical (unpaired) electrons. The summed E-state index contributed by atoms with van der Waals surface area (Å²) in [6, 6.07) is 10.5. The van der Waals surface area contributed by atoms with Gasteiger partial charge < -0.3 is 19.5 Å². The molecule has 0 heterocycles. The van der Waals surface area contributed by atoms with Gasteiger partial charge >= 0.3 is 0 Å². The first-order valence-electron chi connectivity index (χ1n) is 8.98. The Bertz CT molecular complexity index is 942. The molecule has 2 aromatic rings. The lowest BCUT2D eigenvalue weighted by Crippen LogP contribution is -2.40. The molecular weight excluding hydrogens is 396 g/mol. The number of anilines is 1. The molecule has 2 N–H and O–H groups in total. The zero-order chi connectivity index (χ0) is 21.6. The average Bonchev–Trinajstić information content (AvgIpc) is 2.67. The van der Waals surface area contributed by atoms with Crippen LogP contribution in [0, 0.1) is 0 Å². The van der Waals surface area contributed by atoms with Gasteiger partial charge in [0.2, 0.25) is 0 Å². The number of nitrogens with one attached hydrogen (secondary N) is 2. The highest BCUT2D eigenvalue weighted by molar-refractivity contribution is 7.92. The van der Waals surface area contributed by atoms with Gasteiger partial charge in [0.15, 0.2) is 17.6 Å². The van der Waals surface area contributed by atoms with E-state index in [1.54, 1.807) is 19.1 Å². The van der Waals surface area contributed by atoms with Crippen molar-refractivity contribution in [1.29, 1.82) is 0 Å². The molecular formula is C20H26N2O6S. The molecule has 0 aliphatic heterocycles. The molecule has 1 atom stereocenters. The minimum atomic E-state index is -3.82. The number of carbonyl (C=O) groups is 1. The zero-order valence-electron chi connectivity index (χ0n) is 17.1. The second kappa shape index (κ2) is 9.51. The summed E-state index contributed by atoms with van der Waals surface area (Å²) in [5.41, 5.74) is 0.335. The first kappa shape index (κ1) is 22.4. The first-order valence-corrected chi connectivity index (χ1v) is 10.5. The van der Waals surface area contributed by atoms with Gasteiger partial charge in [0, 0.05) is 12.1 Å². The molecule has 0 spiro atoms. The van der Waals surface area contributed by atoms with E-state index in [2.05, 4.69) is 10.0 Å². The van der Waals surface area contributed by atoms with Crippen LogP contribution in [0.5, 0.6) is 17.2 Å². The lowest BCUT2D eigenvalue weighted by Gasteiger charge is -2.16. The van der Waals surface area contributed by atoms with Crippen molar-refractivity contribution >= 4 is 21.6 Å². The molecule has 0 saturated carbocycles. The van der Waals surface area contributed by atoms with Crippen LogP contribution in [-0.4, -0.2) is 40.7 Å². The number of hydrogen-bond acceptors (Lipinski definition) is 6. The van der Waals surface area contributed by atoms with Gasteiger partial charge in [0.1, 0.15) is 5.75 Å². The molecule has 2 aromatic carbocycles. The minimum absolute atomic E-state index is 0.00345. The van der Waals surface area contributed by atoms with E-state index in [-0.39, 0.29) is 16.8 Å². The third-order valence-corrected chi connectivity index (χ3v) is 5.28. The molecule has 0 aliphatic carbocycles. The van der Waals surface area contributed by atoms with Crippen LogP contribution >= 0.6 is 0 Å². The van der Waals surface area contributed by atoms with Crippen molar-refractivity contribution in [2.45, 2.75) is 37.8 Å². The second-order valence-electron chi connectivity index (χ2n) is 6.57. The first-order chi connectivity index (χ1) is 13.7. The quantitative estimate of drug-likeness (QED) is 0.644. The van der Waals surface area contributed by atoms with Crippen LogP contribution < -0.4 is 24.2 Å². The smallest absolute Gasteiger partial charge is 0.261 e. The van der Waals surface area contributed by atoms with Gasteiger partial charge in [0.05, 0.1) is 24.8 Å². The Morgan fingerprint density at radius 3 is 2.10 bits per heavy atom. The number of methoxy groups -OCH3 is 2. The summed E-state index contributed by atoms with van der Waals surface area (Å²) in [6.07, 6.45) is -0.704. The third-order valence-electron chi connectivity index (χ3n) is 3.88. The maximum absolute atomic E-state index is 12.6. The van der Waals surface area contributed by atoms with Crippen LogP contribution in [0.2, 0.25) is 0 Å².